The van der Waals surface area contributed by atoms with Crippen molar-refractivity contribution in [2.45, 2.75) is 25.2 Å². The van der Waals surface area contributed by atoms with Crippen molar-refractivity contribution in [1.82, 2.24) is 0 Å². The first-order valence-electron chi connectivity index (χ1n) is 3.31. The van der Waals surface area contributed by atoms with Crippen molar-refractivity contribution in [2.24, 2.45) is 0 Å². The minimum atomic E-state index is -0.444. The summed E-state index contributed by atoms with van der Waals surface area (Å²) in [5.41, 5.74) is 0. The molecule has 1 aliphatic rings. The third-order valence-electron chi connectivity index (χ3n) is 1.54. The molecule has 1 heterocycles. The average molecular weight is 148 g/mol. The van der Waals surface area contributed by atoms with Crippen LogP contribution in [-0.2, 0) is 14.4 Å². The second kappa shape index (κ2) is 3.88. The van der Waals surface area contributed by atoms with Crippen LogP contribution in [-0.4, -0.2) is 31.4 Å². The summed E-state index contributed by atoms with van der Waals surface area (Å²) >= 11 is 0. The van der Waals surface area contributed by atoms with E-state index in [4.69, 9.17) is 14.7 Å². The maximum Gasteiger partial charge on any atom is 0.191 e. The first-order valence-corrected chi connectivity index (χ1v) is 3.31. The van der Waals surface area contributed by atoms with Gasteiger partial charge in [0.25, 0.3) is 0 Å². The van der Waals surface area contributed by atoms with Gasteiger partial charge in [-0.1, -0.05) is 0 Å². The molecule has 60 valence electrons. The fourth-order valence-corrected chi connectivity index (χ4v) is 1.06. The van der Waals surface area contributed by atoms with Gasteiger partial charge < -0.3 is 9.47 Å². The van der Waals surface area contributed by atoms with Crippen LogP contribution >= 0.6 is 0 Å². The van der Waals surface area contributed by atoms with Gasteiger partial charge in [0, 0.05) is 13.5 Å². The van der Waals surface area contributed by atoms with Gasteiger partial charge in [0.05, 0.1) is 12.7 Å². The SMILES string of the molecule is COCC1CCC(OO)O1. The third-order valence-corrected chi connectivity index (χ3v) is 1.54. The summed E-state index contributed by atoms with van der Waals surface area (Å²) in [6, 6.07) is 0. The summed E-state index contributed by atoms with van der Waals surface area (Å²) in [5, 5.41) is 8.19. The molecule has 0 aliphatic carbocycles. The Kier molecular flexibility index (Phi) is 3.08. The molecule has 0 bridgehead atoms. The predicted octanol–water partition coefficient (Wildman–Crippen LogP) is 0.628. The molecule has 0 aromatic heterocycles. The highest BCUT2D eigenvalue weighted by Crippen LogP contribution is 2.19. The van der Waals surface area contributed by atoms with Crippen molar-refractivity contribution >= 4 is 0 Å². The summed E-state index contributed by atoms with van der Waals surface area (Å²) in [7, 11) is 1.62. The van der Waals surface area contributed by atoms with Crippen molar-refractivity contribution in [3.05, 3.63) is 0 Å². The lowest BCUT2D eigenvalue weighted by Crippen LogP contribution is -2.16. The molecule has 1 aliphatic heterocycles. The van der Waals surface area contributed by atoms with E-state index >= 15 is 0 Å². The Balaban J connectivity index is 2.15. The Hall–Kier alpha value is -0.160. The third kappa shape index (κ3) is 1.91. The standard InChI is InChI=1S/C6H12O4/c1-8-4-5-2-3-6(9-5)10-7/h5-7H,2-4H2,1H3. The van der Waals surface area contributed by atoms with Gasteiger partial charge in [-0.25, -0.2) is 10.1 Å². The highest BCUT2D eigenvalue weighted by Gasteiger charge is 2.25. The molecule has 4 heteroatoms. The fraction of sp³-hybridized carbons (Fsp3) is 1.00. The lowest BCUT2D eigenvalue weighted by atomic mass is 10.2. The Morgan fingerprint density at radius 1 is 1.60 bits per heavy atom. The van der Waals surface area contributed by atoms with Crippen LogP contribution in [0.1, 0.15) is 12.8 Å². The molecule has 1 rings (SSSR count). The predicted molar refractivity (Wildman–Crippen MR) is 33.5 cm³/mol. The Labute approximate surface area is 59.6 Å². The molecule has 2 unspecified atom stereocenters. The number of methoxy groups -OCH3 is 1. The molecule has 0 saturated carbocycles. The van der Waals surface area contributed by atoms with Gasteiger partial charge >= 0.3 is 0 Å². The molecule has 0 aromatic carbocycles. The zero-order chi connectivity index (χ0) is 7.40. The smallest absolute Gasteiger partial charge is 0.191 e. The molecule has 1 N–H and O–H groups in total. The van der Waals surface area contributed by atoms with Crippen LogP contribution in [0.15, 0.2) is 0 Å². The number of rotatable bonds is 3. The lowest BCUT2D eigenvalue weighted by molar-refractivity contribution is -0.340. The minimum Gasteiger partial charge on any atom is -0.382 e. The van der Waals surface area contributed by atoms with Gasteiger partial charge in [0.15, 0.2) is 6.29 Å². The second-order valence-corrected chi connectivity index (χ2v) is 2.33. The average Bonchev–Trinajstić information content (AvgIpc) is 2.37. The maximum absolute atomic E-state index is 8.19. The molecule has 0 spiro atoms. The number of ether oxygens (including phenoxy) is 2. The Morgan fingerprint density at radius 3 is 2.90 bits per heavy atom. The van der Waals surface area contributed by atoms with Crippen LogP contribution in [0.25, 0.3) is 0 Å². The maximum atomic E-state index is 8.19. The molecular formula is C6H12O4. The van der Waals surface area contributed by atoms with Crippen LogP contribution in [0.3, 0.4) is 0 Å². The zero-order valence-electron chi connectivity index (χ0n) is 5.95. The summed E-state index contributed by atoms with van der Waals surface area (Å²) in [6.07, 6.45) is 1.27. The highest BCUT2D eigenvalue weighted by atomic mass is 17.1. The molecular weight excluding hydrogens is 136 g/mol. The van der Waals surface area contributed by atoms with Crippen molar-refractivity contribution in [1.29, 1.82) is 0 Å². The van der Waals surface area contributed by atoms with Gasteiger partial charge in [0.1, 0.15) is 0 Å². The fourth-order valence-electron chi connectivity index (χ4n) is 1.06. The van der Waals surface area contributed by atoms with E-state index in [1.54, 1.807) is 7.11 Å². The topological polar surface area (TPSA) is 47.9 Å². The quantitative estimate of drug-likeness (QED) is 0.471. The number of hydrogen-bond donors (Lipinski definition) is 1. The molecule has 2 atom stereocenters. The molecule has 1 fully saturated rings. The molecule has 0 aromatic rings. The van der Waals surface area contributed by atoms with E-state index in [1.165, 1.54) is 0 Å². The summed E-state index contributed by atoms with van der Waals surface area (Å²) < 4.78 is 10.0. The molecule has 4 nitrogen and oxygen atoms in total. The van der Waals surface area contributed by atoms with E-state index < -0.39 is 6.29 Å². The van der Waals surface area contributed by atoms with Crippen LogP contribution in [0.2, 0.25) is 0 Å². The van der Waals surface area contributed by atoms with Gasteiger partial charge in [-0.2, -0.15) is 0 Å². The van der Waals surface area contributed by atoms with Crippen LogP contribution in [0.5, 0.6) is 0 Å². The van der Waals surface area contributed by atoms with E-state index in [0.29, 0.717) is 6.61 Å². The monoisotopic (exact) mass is 148 g/mol. The van der Waals surface area contributed by atoms with Crippen molar-refractivity contribution < 1.29 is 19.6 Å². The van der Waals surface area contributed by atoms with Gasteiger partial charge in [0.2, 0.25) is 0 Å². The summed E-state index contributed by atoms with van der Waals surface area (Å²) in [4.78, 5) is 4.01. The van der Waals surface area contributed by atoms with E-state index in [-0.39, 0.29) is 6.10 Å². The Bertz CT molecular complexity index is 95.7. The zero-order valence-corrected chi connectivity index (χ0v) is 5.95. The molecule has 0 amide bonds. The number of hydrogen-bond acceptors (Lipinski definition) is 4. The first kappa shape index (κ1) is 7.94. The van der Waals surface area contributed by atoms with Crippen LogP contribution in [0, 0.1) is 0 Å². The molecule has 10 heavy (non-hydrogen) atoms. The Morgan fingerprint density at radius 2 is 2.40 bits per heavy atom. The second-order valence-electron chi connectivity index (χ2n) is 2.33. The summed E-state index contributed by atoms with van der Waals surface area (Å²) in [5.74, 6) is 0. The van der Waals surface area contributed by atoms with Crippen LogP contribution < -0.4 is 0 Å². The van der Waals surface area contributed by atoms with E-state index in [2.05, 4.69) is 4.89 Å². The van der Waals surface area contributed by atoms with Crippen molar-refractivity contribution in [3.8, 4) is 0 Å². The van der Waals surface area contributed by atoms with Gasteiger partial charge in [-0.15, -0.1) is 0 Å². The van der Waals surface area contributed by atoms with E-state index in [1.807, 2.05) is 0 Å². The largest absolute Gasteiger partial charge is 0.382 e. The van der Waals surface area contributed by atoms with Crippen LogP contribution in [0.4, 0.5) is 0 Å². The highest BCUT2D eigenvalue weighted by molar-refractivity contribution is 4.66. The minimum absolute atomic E-state index is 0.0853. The van der Waals surface area contributed by atoms with Gasteiger partial charge in [-0.3, -0.25) is 0 Å². The summed E-state index contributed by atoms with van der Waals surface area (Å²) in [6.45, 7) is 0.569. The van der Waals surface area contributed by atoms with Gasteiger partial charge in [-0.05, 0) is 6.42 Å². The van der Waals surface area contributed by atoms with E-state index in [9.17, 15) is 0 Å². The molecule has 1 saturated heterocycles. The van der Waals surface area contributed by atoms with Crippen molar-refractivity contribution in [3.63, 3.8) is 0 Å². The lowest BCUT2D eigenvalue weighted by Gasteiger charge is -2.09. The van der Waals surface area contributed by atoms with Crippen molar-refractivity contribution in [2.75, 3.05) is 13.7 Å². The first-order chi connectivity index (χ1) is 4.86. The molecule has 0 radical (unpaired) electrons. The van der Waals surface area contributed by atoms with E-state index in [0.717, 1.165) is 12.8 Å². The normalized spacial score (nSPS) is 33.0.